The predicted octanol–water partition coefficient (Wildman–Crippen LogP) is 2.90. The van der Waals surface area contributed by atoms with E-state index in [2.05, 4.69) is 0 Å². The standard InChI is InChI=1S/C13H16O2/c1-11(2)10-15-13(14)9-8-12-6-4-3-5-7-12/h3-9,11H,10H2,1-2H3. The topological polar surface area (TPSA) is 26.3 Å². The van der Waals surface area contributed by atoms with Gasteiger partial charge in [-0.25, -0.2) is 4.79 Å². The minimum atomic E-state index is -0.285. The van der Waals surface area contributed by atoms with Crippen molar-refractivity contribution in [3.8, 4) is 0 Å². The fourth-order valence-corrected chi connectivity index (χ4v) is 1.03. The van der Waals surface area contributed by atoms with E-state index in [0.29, 0.717) is 12.5 Å². The molecule has 0 radical (unpaired) electrons. The van der Waals surface area contributed by atoms with Crippen LogP contribution in [0.25, 0.3) is 6.08 Å². The Morgan fingerprint density at radius 1 is 1.33 bits per heavy atom. The Labute approximate surface area is 90.6 Å². The van der Waals surface area contributed by atoms with E-state index in [-0.39, 0.29) is 5.97 Å². The minimum absolute atomic E-state index is 0.285. The average Bonchev–Trinajstić information content (AvgIpc) is 2.25. The maximum atomic E-state index is 11.2. The molecule has 0 aromatic heterocycles. The first kappa shape index (κ1) is 11.5. The monoisotopic (exact) mass is 204 g/mol. The van der Waals surface area contributed by atoms with Crippen LogP contribution in [0.4, 0.5) is 0 Å². The zero-order valence-corrected chi connectivity index (χ0v) is 9.14. The summed E-state index contributed by atoms with van der Waals surface area (Å²) < 4.78 is 5.00. The summed E-state index contributed by atoms with van der Waals surface area (Å²) in [5.41, 5.74) is 0.999. The van der Waals surface area contributed by atoms with Gasteiger partial charge < -0.3 is 4.74 Å². The third kappa shape index (κ3) is 5.01. The SMILES string of the molecule is CC(C)COC(=O)C=Cc1ccccc1. The first-order chi connectivity index (χ1) is 7.18. The first-order valence-electron chi connectivity index (χ1n) is 5.08. The van der Waals surface area contributed by atoms with Crippen molar-refractivity contribution in [3.63, 3.8) is 0 Å². The molecule has 0 heterocycles. The lowest BCUT2D eigenvalue weighted by Gasteiger charge is -2.03. The first-order valence-corrected chi connectivity index (χ1v) is 5.08. The van der Waals surface area contributed by atoms with Crippen molar-refractivity contribution in [1.82, 2.24) is 0 Å². The maximum Gasteiger partial charge on any atom is 0.330 e. The van der Waals surface area contributed by atoms with Crippen molar-refractivity contribution < 1.29 is 9.53 Å². The molecule has 2 nitrogen and oxygen atoms in total. The largest absolute Gasteiger partial charge is 0.462 e. The number of hydrogen-bond donors (Lipinski definition) is 0. The van der Waals surface area contributed by atoms with Crippen molar-refractivity contribution in [2.75, 3.05) is 6.61 Å². The van der Waals surface area contributed by atoms with Crippen molar-refractivity contribution >= 4 is 12.0 Å². The van der Waals surface area contributed by atoms with Crippen LogP contribution < -0.4 is 0 Å². The highest BCUT2D eigenvalue weighted by Gasteiger charge is 1.98. The molecule has 0 saturated heterocycles. The molecule has 15 heavy (non-hydrogen) atoms. The van der Waals surface area contributed by atoms with Gasteiger partial charge in [0.25, 0.3) is 0 Å². The summed E-state index contributed by atoms with van der Waals surface area (Å²) in [6.07, 6.45) is 3.21. The molecule has 0 fully saturated rings. The predicted molar refractivity (Wildman–Crippen MR) is 61.3 cm³/mol. The van der Waals surface area contributed by atoms with E-state index in [4.69, 9.17) is 4.74 Å². The van der Waals surface area contributed by atoms with Gasteiger partial charge in [-0.1, -0.05) is 44.2 Å². The minimum Gasteiger partial charge on any atom is -0.462 e. The van der Waals surface area contributed by atoms with Gasteiger partial charge in [0.15, 0.2) is 0 Å². The molecule has 0 bridgehead atoms. The lowest BCUT2D eigenvalue weighted by atomic mass is 10.2. The summed E-state index contributed by atoms with van der Waals surface area (Å²) in [6.45, 7) is 4.49. The molecule has 0 spiro atoms. The van der Waals surface area contributed by atoms with Gasteiger partial charge in [0.1, 0.15) is 0 Å². The van der Waals surface area contributed by atoms with E-state index < -0.39 is 0 Å². The van der Waals surface area contributed by atoms with Crippen LogP contribution >= 0.6 is 0 Å². The molecule has 0 atom stereocenters. The van der Waals surface area contributed by atoms with Gasteiger partial charge in [0.2, 0.25) is 0 Å². The van der Waals surface area contributed by atoms with Crippen molar-refractivity contribution in [3.05, 3.63) is 42.0 Å². The summed E-state index contributed by atoms with van der Waals surface area (Å²) in [6, 6.07) is 9.67. The zero-order chi connectivity index (χ0) is 11.1. The number of hydrogen-bond acceptors (Lipinski definition) is 2. The highest BCUT2D eigenvalue weighted by molar-refractivity contribution is 5.86. The molecule has 80 valence electrons. The molecule has 0 amide bonds. The van der Waals surface area contributed by atoms with Crippen LogP contribution in [0.3, 0.4) is 0 Å². The molecular weight excluding hydrogens is 188 g/mol. The molecule has 0 unspecified atom stereocenters. The maximum absolute atomic E-state index is 11.2. The van der Waals surface area contributed by atoms with E-state index in [1.165, 1.54) is 6.08 Å². The average molecular weight is 204 g/mol. The highest BCUT2D eigenvalue weighted by atomic mass is 16.5. The summed E-state index contributed by atoms with van der Waals surface area (Å²) in [5, 5.41) is 0. The van der Waals surface area contributed by atoms with Gasteiger partial charge in [0, 0.05) is 6.08 Å². The zero-order valence-electron chi connectivity index (χ0n) is 9.14. The number of ether oxygens (including phenoxy) is 1. The van der Waals surface area contributed by atoms with E-state index in [9.17, 15) is 4.79 Å². The molecule has 0 aliphatic rings. The highest BCUT2D eigenvalue weighted by Crippen LogP contribution is 2.01. The van der Waals surface area contributed by atoms with Gasteiger partial charge in [-0.2, -0.15) is 0 Å². The van der Waals surface area contributed by atoms with Crippen LogP contribution in [0, 0.1) is 5.92 Å². The Hall–Kier alpha value is -1.57. The summed E-state index contributed by atoms with van der Waals surface area (Å²) >= 11 is 0. The number of carbonyl (C=O) groups excluding carboxylic acids is 1. The molecule has 0 aliphatic carbocycles. The van der Waals surface area contributed by atoms with Crippen molar-refractivity contribution in [1.29, 1.82) is 0 Å². The quantitative estimate of drug-likeness (QED) is 0.557. The van der Waals surface area contributed by atoms with Crippen LogP contribution in [0.2, 0.25) is 0 Å². The Kier molecular flexibility index (Phi) is 4.61. The molecular formula is C13H16O2. The Morgan fingerprint density at radius 3 is 2.60 bits per heavy atom. The van der Waals surface area contributed by atoms with Crippen LogP contribution in [0.15, 0.2) is 36.4 Å². The summed E-state index contributed by atoms with van der Waals surface area (Å²) in [5.74, 6) is 0.0895. The number of rotatable bonds is 4. The third-order valence-corrected chi connectivity index (χ3v) is 1.77. The second-order valence-corrected chi connectivity index (χ2v) is 3.77. The van der Waals surface area contributed by atoms with Crippen LogP contribution in [-0.2, 0) is 9.53 Å². The Bertz CT molecular complexity index is 326. The van der Waals surface area contributed by atoms with Gasteiger partial charge in [-0.15, -0.1) is 0 Å². The van der Waals surface area contributed by atoms with Gasteiger partial charge in [0.05, 0.1) is 6.61 Å². The molecule has 0 aliphatic heterocycles. The van der Waals surface area contributed by atoms with Crippen LogP contribution in [-0.4, -0.2) is 12.6 Å². The lowest BCUT2D eigenvalue weighted by Crippen LogP contribution is -2.06. The number of benzene rings is 1. The van der Waals surface area contributed by atoms with Gasteiger partial charge in [-0.05, 0) is 17.6 Å². The third-order valence-electron chi connectivity index (χ3n) is 1.77. The van der Waals surface area contributed by atoms with Crippen LogP contribution in [0.5, 0.6) is 0 Å². The molecule has 1 rings (SSSR count). The fraction of sp³-hybridized carbons (Fsp3) is 0.308. The normalized spacial score (nSPS) is 10.9. The van der Waals surface area contributed by atoms with E-state index in [1.807, 2.05) is 44.2 Å². The fourth-order valence-electron chi connectivity index (χ4n) is 1.03. The second-order valence-electron chi connectivity index (χ2n) is 3.77. The summed E-state index contributed by atoms with van der Waals surface area (Å²) in [4.78, 5) is 11.2. The molecule has 1 aromatic rings. The second kappa shape index (κ2) is 6.02. The van der Waals surface area contributed by atoms with Crippen molar-refractivity contribution in [2.45, 2.75) is 13.8 Å². The number of carbonyl (C=O) groups is 1. The van der Waals surface area contributed by atoms with E-state index in [1.54, 1.807) is 6.08 Å². The molecule has 1 aromatic carbocycles. The van der Waals surface area contributed by atoms with Crippen molar-refractivity contribution in [2.24, 2.45) is 5.92 Å². The molecule has 0 saturated carbocycles. The van der Waals surface area contributed by atoms with E-state index in [0.717, 1.165) is 5.56 Å². The Balaban J connectivity index is 2.41. The van der Waals surface area contributed by atoms with E-state index >= 15 is 0 Å². The molecule has 2 heteroatoms. The molecule has 0 N–H and O–H groups in total. The van der Waals surface area contributed by atoms with Crippen LogP contribution in [0.1, 0.15) is 19.4 Å². The smallest absolute Gasteiger partial charge is 0.330 e. The van der Waals surface area contributed by atoms with Gasteiger partial charge in [-0.3, -0.25) is 0 Å². The lowest BCUT2D eigenvalue weighted by molar-refractivity contribution is -0.138. The Morgan fingerprint density at radius 2 is 2.00 bits per heavy atom. The summed E-state index contributed by atoms with van der Waals surface area (Å²) in [7, 11) is 0. The number of esters is 1. The van der Waals surface area contributed by atoms with Gasteiger partial charge >= 0.3 is 5.97 Å².